The van der Waals surface area contributed by atoms with Gasteiger partial charge in [-0.3, -0.25) is 0 Å². The van der Waals surface area contributed by atoms with Gasteiger partial charge in [-0.15, -0.1) is 5.10 Å². The Morgan fingerprint density at radius 2 is 1.90 bits per heavy atom. The van der Waals surface area contributed by atoms with Crippen LogP contribution < -0.4 is 10.2 Å². The van der Waals surface area contributed by atoms with Gasteiger partial charge in [0.05, 0.1) is 6.20 Å². The highest BCUT2D eigenvalue weighted by atomic mass is 35.5. The molecule has 1 aromatic heterocycles. The van der Waals surface area contributed by atoms with E-state index in [0.29, 0.717) is 21.8 Å². The summed E-state index contributed by atoms with van der Waals surface area (Å²) in [4.78, 5) is 6.41. The number of nitrogens with zero attached hydrogens (tertiary/aromatic N) is 4. The minimum Gasteiger partial charge on any atom is -0.343 e. The zero-order chi connectivity index (χ0) is 15.2. The number of aromatic nitrogens is 3. The van der Waals surface area contributed by atoms with Gasteiger partial charge in [-0.2, -0.15) is 10.1 Å². The molecule has 0 bridgehead atoms. The summed E-state index contributed by atoms with van der Waals surface area (Å²) in [6.45, 7) is 3.04. The molecule has 0 spiro atoms. The fourth-order valence-corrected chi connectivity index (χ4v) is 2.31. The van der Waals surface area contributed by atoms with Crippen LogP contribution in [0, 0.1) is 0 Å². The Kier molecular flexibility index (Phi) is 5.59. The van der Waals surface area contributed by atoms with Gasteiger partial charge in [0, 0.05) is 29.3 Å². The van der Waals surface area contributed by atoms with Crippen molar-refractivity contribution in [3.8, 4) is 0 Å². The molecule has 0 amide bonds. The molecule has 0 aliphatic carbocycles. The van der Waals surface area contributed by atoms with Crippen molar-refractivity contribution in [2.75, 3.05) is 23.8 Å². The van der Waals surface area contributed by atoms with Crippen molar-refractivity contribution < 1.29 is 0 Å². The molecule has 0 unspecified atom stereocenters. The lowest BCUT2D eigenvalue weighted by Crippen LogP contribution is -2.21. The largest absolute Gasteiger partial charge is 0.343 e. The summed E-state index contributed by atoms with van der Waals surface area (Å²) in [6, 6.07) is 5.22. The van der Waals surface area contributed by atoms with Gasteiger partial charge in [0.15, 0.2) is 5.82 Å². The third-order valence-corrected chi connectivity index (χ3v) is 3.31. The van der Waals surface area contributed by atoms with Gasteiger partial charge in [0.2, 0.25) is 5.95 Å². The van der Waals surface area contributed by atoms with Crippen LogP contribution in [0.15, 0.2) is 24.4 Å². The Morgan fingerprint density at radius 3 is 2.57 bits per heavy atom. The SMILES string of the molecule is CCCCN(C)c1nncc(Nc2cc(Cl)cc(Cl)c2)n1. The van der Waals surface area contributed by atoms with Crippen molar-refractivity contribution >= 4 is 40.7 Å². The predicted octanol–water partition coefficient (Wildman–Crippen LogP) is 4.16. The summed E-state index contributed by atoms with van der Waals surface area (Å²) in [6.07, 6.45) is 3.77. The van der Waals surface area contributed by atoms with E-state index >= 15 is 0 Å². The summed E-state index contributed by atoms with van der Waals surface area (Å²) in [5.74, 6) is 1.18. The number of rotatable bonds is 6. The lowest BCUT2D eigenvalue weighted by atomic mass is 10.3. The van der Waals surface area contributed by atoms with E-state index in [1.807, 2.05) is 11.9 Å². The van der Waals surface area contributed by atoms with Crippen LogP contribution in [0.25, 0.3) is 0 Å². The third kappa shape index (κ3) is 4.72. The fourth-order valence-electron chi connectivity index (χ4n) is 1.79. The van der Waals surface area contributed by atoms with E-state index in [1.165, 1.54) is 0 Å². The zero-order valence-corrected chi connectivity index (χ0v) is 13.5. The first-order valence-corrected chi connectivity index (χ1v) is 7.48. The molecule has 0 aliphatic rings. The Bertz CT molecular complexity index is 585. The summed E-state index contributed by atoms with van der Waals surface area (Å²) in [7, 11) is 1.95. The summed E-state index contributed by atoms with van der Waals surface area (Å²) >= 11 is 11.9. The summed E-state index contributed by atoms with van der Waals surface area (Å²) in [5.41, 5.74) is 0.759. The molecule has 0 fully saturated rings. The molecule has 7 heteroatoms. The van der Waals surface area contributed by atoms with Crippen LogP contribution in [-0.4, -0.2) is 28.8 Å². The van der Waals surface area contributed by atoms with Crippen LogP contribution >= 0.6 is 23.2 Å². The number of anilines is 3. The molecule has 1 heterocycles. The van der Waals surface area contributed by atoms with E-state index in [4.69, 9.17) is 23.2 Å². The Hall–Kier alpha value is -1.59. The van der Waals surface area contributed by atoms with Crippen molar-refractivity contribution in [2.45, 2.75) is 19.8 Å². The molecule has 2 aromatic rings. The van der Waals surface area contributed by atoms with Crippen LogP contribution in [0.3, 0.4) is 0 Å². The van der Waals surface area contributed by atoms with Crippen LogP contribution in [-0.2, 0) is 0 Å². The average molecular weight is 326 g/mol. The number of hydrogen-bond donors (Lipinski definition) is 1. The number of nitrogens with one attached hydrogen (secondary N) is 1. The van der Waals surface area contributed by atoms with Gasteiger partial charge in [-0.05, 0) is 24.6 Å². The topological polar surface area (TPSA) is 53.9 Å². The minimum atomic E-state index is 0.562. The number of hydrogen-bond acceptors (Lipinski definition) is 5. The van der Waals surface area contributed by atoms with Crippen LogP contribution in [0.5, 0.6) is 0 Å². The highest BCUT2D eigenvalue weighted by Gasteiger charge is 2.07. The zero-order valence-electron chi connectivity index (χ0n) is 12.0. The first kappa shape index (κ1) is 15.8. The predicted molar refractivity (Wildman–Crippen MR) is 87.7 cm³/mol. The second-order valence-electron chi connectivity index (χ2n) is 4.70. The van der Waals surface area contributed by atoms with E-state index in [1.54, 1.807) is 24.4 Å². The standard InChI is InChI=1S/C14H17Cl2N5/c1-3-4-5-21(2)14-19-13(9-17-20-14)18-12-7-10(15)6-11(16)8-12/h6-9H,3-5H2,1-2H3,(H,18,19,20). The van der Waals surface area contributed by atoms with E-state index in [9.17, 15) is 0 Å². The highest BCUT2D eigenvalue weighted by Crippen LogP contribution is 2.24. The molecule has 21 heavy (non-hydrogen) atoms. The maximum Gasteiger partial charge on any atom is 0.247 e. The molecular formula is C14H17Cl2N5. The quantitative estimate of drug-likeness (QED) is 0.864. The maximum absolute atomic E-state index is 5.97. The highest BCUT2D eigenvalue weighted by molar-refractivity contribution is 6.35. The van der Waals surface area contributed by atoms with Gasteiger partial charge >= 0.3 is 0 Å². The smallest absolute Gasteiger partial charge is 0.247 e. The van der Waals surface area contributed by atoms with Crippen LogP contribution in [0.1, 0.15) is 19.8 Å². The minimum absolute atomic E-state index is 0.562. The fraction of sp³-hybridized carbons (Fsp3) is 0.357. The molecule has 1 aromatic carbocycles. The second-order valence-corrected chi connectivity index (χ2v) is 5.57. The van der Waals surface area contributed by atoms with Crippen LogP contribution in [0.4, 0.5) is 17.5 Å². The van der Waals surface area contributed by atoms with E-state index < -0.39 is 0 Å². The van der Waals surface area contributed by atoms with E-state index in [0.717, 1.165) is 25.1 Å². The van der Waals surface area contributed by atoms with Gasteiger partial charge in [-0.1, -0.05) is 36.5 Å². The first-order chi connectivity index (χ1) is 10.1. The Labute approximate surface area is 134 Å². The van der Waals surface area contributed by atoms with Gasteiger partial charge < -0.3 is 10.2 Å². The second kappa shape index (κ2) is 7.43. The average Bonchev–Trinajstić information content (AvgIpc) is 2.44. The molecule has 1 N–H and O–H groups in total. The lowest BCUT2D eigenvalue weighted by molar-refractivity contribution is 0.741. The van der Waals surface area contributed by atoms with E-state index in [-0.39, 0.29) is 0 Å². The van der Waals surface area contributed by atoms with Crippen molar-refractivity contribution in [1.29, 1.82) is 0 Å². The number of halogens is 2. The van der Waals surface area contributed by atoms with Gasteiger partial charge in [0.25, 0.3) is 0 Å². The molecule has 0 radical (unpaired) electrons. The Balaban J connectivity index is 2.13. The first-order valence-electron chi connectivity index (χ1n) is 6.72. The van der Waals surface area contributed by atoms with Gasteiger partial charge in [-0.25, -0.2) is 0 Å². The van der Waals surface area contributed by atoms with Crippen molar-refractivity contribution in [2.24, 2.45) is 0 Å². The van der Waals surface area contributed by atoms with Gasteiger partial charge in [0.1, 0.15) is 0 Å². The molecule has 0 saturated carbocycles. The molecule has 0 saturated heterocycles. The van der Waals surface area contributed by atoms with Crippen molar-refractivity contribution in [3.05, 3.63) is 34.4 Å². The van der Waals surface area contributed by atoms with Crippen molar-refractivity contribution in [1.82, 2.24) is 15.2 Å². The van der Waals surface area contributed by atoms with E-state index in [2.05, 4.69) is 27.4 Å². The monoisotopic (exact) mass is 325 g/mol. The molecule has 112 valence electrons. The number of unbranched alkanes of at least 4 members (excludes halogenated alkanes) is 1. The van der Waals surface area contributed by atoms with Crippen molar-refractivity contribution in [3.63, 3.8) is 0 Å². The maximum atomic E-state index is 5.97. The molecule has 0 aliphatic heterocycles. The lowest BCUT2D eigenvalue weighted by Gasteiger charge is -2.16. The van der Waals surface area contributed by atoms with Crippen LogP contribution in [0.2, 0.25) is 10.0 Å². The molecule has 5 nitrogen and oxygen atoms in total. The molecule has 2 rings (SSSR count). The normalized spacial score (nSPS) is 10.5. The number of benzene rings is 1. The molecule has 0 atom stereocenters. The summed E-state index contributed by atoms with van der Waals surface area (Å²) < 4.78 is 0. The Morgan fingerprint density at radius 1 is 1.19 bits per heavy atom. The third-order valence-electron chi connectivity index (χ3n) is 2.87. The summed E-state index contributed by atoms with van der Waals surface area (Å²) in [5, 5.41) is 12.3. The molecular weight excluding hydrogens is 309 g/mol.